The van der Waals surface area contributed by atoms with Crippen LogP contribution in [-0.4, -0.2) is 25.3 Å². The van der Waals surface area contributed by atoms with Crippen LogP contribution in [0.4, 0.5) is 0 Å². The molecule has 0 amide bonds. The van der Waals surface area contributed by atoms with Crippen molar-refractivity contribution in [2.24, 2.45) is 11.3 Å². The lowest BCUT2D eigenvalue weighted by atomic mass is 9.74. The number of hydrogen-bond acceptors (Lipinski definition) is 2. The Balaban J connectivity index is 1.81. The van der Waals surface area contributed by atoms with Crippen molar-refractivity contribution < 1.29 is 4.74 Å². The highest BCUT2D eigenvalue weighted by molar-refractivity contribution is 9.10. The highest BCUT2D eigenvalue weighted by Crippen LogP contribution is 2.49. The molecule has 3 heteroatoms. The van der Waals surface area contributed by atoms with E-state index in [1.165, 1.54) is 29.3 Å². The zero-order valence-electron chi connectivity index (χ0n) is 13.1. The average molecular weight is 352 g/mol. The summed E-state index contributed by atoms with van der Waals surface area (Å²) in [5, 5.41) is 3.68. The quantitative estimate of drug-likeness (QED) is 0.830. The van der Waals surface area contributed by atoms with E-state index in [2.05, 4.69) is 59.4 Å². The molecular weight excluding hydrogens is 326 g/mol. The Kier molecular flexibility index (Phi) is 4.72. The van der Waals surface area contributed by atoms with E-state index >= 15 is 0 Å². The molecule has 2 fully saturated rings. The number of halogens is 1. The fourth-order valence-corrected chi connectivity index (χ4v) is 4.09. The van der Waals surface area contributed by atoms with E-state index in [0.29, 0.717) is 12.1 Å². The van der Waals surface area contributed by atoms with Crippen LogP contribution >= 0.6 is 15.9 Å². The van der Waals surface area contributed by atoms with Crippen LogP contribution < -0.4 is 5.32 Å². The summed E-state index contributed by atoms with van der Waals surface area (Å²) in [7, 11) is 0. The Morgan fingerprint density at radius 3 is 2.86 bits per heavy atom. The van der Waals surface area contributed by atoms with Gasteiger partial charge >= 0.3 is 0 Å². The third-order valence-electron chi connectivity index (χ3n) is 4.86. The van der Waals surface area contributed by atoms with Gasteiger partial charge in [-0.2, -0.15) is 0 Å². The smallest absolute Gasteiger partial charge is 0.0675 e. The first-order valence-electron chi connectivity index (χ1n) is 8.18. The van der Waals surface area contributed by atoms with Crippen LogP contribution in [0, 0.1) is 11.3 Å². The van der Waals surface area contributed by atoms with Crippen LogP contribution in [0.25, 0.3) is 0 Å². The molecule has 2 aliphatic rings. The summed E-state index contributed by atoms with van der Waals surface area (Å²) in [4.78, 5) is 0. The second-order valence-electron chi connectivity index (χ2n) is 7.08. The third kappa shape index (κ3) is 3.69. The molecule has 1 aromatic carbocycles. The first-order chi connectivity index (χ1) is 10.1. The molecule has 0 spiro atoms. The van der Waals surface area contributed by atoms with Gasteiger partial charge in [0.1, 0.15) is 0 Å². The van der Waals surface area contributed by atoms with Crippen LogP contribution in [0.1, 0.15) is 38.7 Å². The molecule has 1 aromatic rings. The molecular formula is C18H26BrNO. The van der Waals surface area contributed by atoms with E-state index in [1.54, 1.807) is 0 Å². The van der Waals surface area contributed by atoms with Crippen LogP contribution in [0.5, 0.6) is 0 Å². The number of benzene rings is 1. The number of nitrogens with one attached hydrogen (secondary N) is 1. The summed E-state index contributed by atoms with van der Waals surface area (Å²) in [5.41, 5.74) is 1.69. The van der Waals surface area contributed by atoms with Crippen molar-refractivity contribution in [2.45, 2.75) is 51.7 Å². The minimum absolute atomic E-state index is 0.270. The van der Waals surface area contributed by atoms with Gasteiger partial charge in [0, 0.05) is 29.1 Å². The third-order valence-corrected chi connectivity index (χ3v) is 5.35. The lowest BCUT2D eigenvalue weighted by molar-refractivity contribution is 0.0298. The molecule has 1 heterocycles. The van der Waals surface area contributed by atoms with Gasteiger partial charge in [-0.25, -0.2) is 0 Å². The molecule has 1 aliphatic heterocycles. The topological polar surface area (TPSA) is 21.3 Å². The van der Waals surface area contributed by atoms with Gasteiger partial charge < -0.3 is 10.1 Å². The highest BCUT2D eigenvalue weighted by atomic mass is 79.9. The fraction of sp³-hybridized carbons (Fsp3) is 0.667. The molecule has 1 saturated carbocycles. The van der Waals surface area contributed by atoms with Gasteiger partial charge in [0.15, 0.2) is 0 Å². The van der Waals surface area contributed by atoms with Gasteiger partial charge in [0.25, 0.3) is 0 Å². The maximum atomic E-state index is 6.18. The molecule has 0 radical (unpaired) electrons. The van der Waals surface area contributed by atoms with Gasteiger partial charge in [-0.05, 0) is 49.3 Å². The molecule has 2 unspecified atom stereocenters. The molecule has 2 nitrogen and oxygen atoms in total. The Morgan fingerprint density at radius 2 is 2.19 bits per heavy atom. The van der Waals surface area contributed by atoms with E-state index in [9.17, 15) is 0 Å². The van der Waals surface area contributed by atoms with Crippen molar-refractivity contribution in [3.05, 3.63) is 34.3 Å². The Hall–Kier alpha value is -0.380. The summed E-state index contributed by atoms with van der Waals surface area (Å²) in [6, 6.07) is 9.30. The monoisotopic (exact) mass is 351 g/mol. The van der Waals surface area contributed by atoms with Crippen LogP contribution in [0.2, 0.25) is 0 Å². The molecule has 21 heavy (non-hydrogen) atoms. The molecule has 3 rings (SSSR count). The number of rotatable bonds is 6. The maximum absolute atomic E-state index is 6.18. The van der Waals surface area contributed by atoms with Gasteiger partial charge in [0.2, 0.25) is 0 Å². The predicted molar refractivity (Wildman–Crippen MR) is 90.5 cm³/mol. The minimum atomic E-state index is 0.270. The zero-order valence-corrected chi connectivity index (χ0v) is 14.7. The summed E-state index contributed by atoms with van der Waals surface area (Å²) in [5.74, 6) is 0.800. The average Bonchev–Trinajstić information content (AvgIpc) is 3.19. The molecule has 0 bridgehead atoms. The molecule has 116 valence electrons. The Labute approximate surface area is 136 Å². The van der Waals surface area contributed by atoms with Crippen molar-refractivity contribution in [1.29, 1.82) is 0 Å². The van der Waals surface area contributed by atoms with Gasteiger partial charge in [-0.1, -0.05) is 41.9 Å². The van der Waals surface area contributed by atoms with E-state index in [-0.39, 0.29) is 5.41 Å². The number of ether oxygens (including phenoxy) is 1. The summed E-state index contributed by atoms with van der Waals surface area (Å²) >= 11 is 3.60. The summed E-state index contributed by atoms with van der Waals surface area (Å²) in [6.07, 6.45) is 5.45. The molecule has 1 N–H and O–H groups in total. The molecule has 1 aliphatic carbocycles. The number of hydrogen-bond donors (Lipinski definition) is 1. The van der Waals surface area contributed by atoms with E-state index in [0.717, 1.165) is 25.5 Å². The van der Waals surface area contributed by atoms with Gasteiger partial charge in [0.05, 0.1) is 6.10 Å². The Morgan fingerprint density at radius 1 is 1.38 bits per heavy atom. The summed E-state index contributed by atoms with van der Waals surface area (Å²) in [6.45, 7) is 6.46. The SMILES string of the molecule is CC(C)NCC1(Cc2cccc(Br)c2)CCOC1C1CC1. The van der Waals surface area contributed by atoms with E-state index in [1.807, 2.05) is 0 Å². The second kappa shape index (κ2) is 6.39. The normalized spacial score (nSPS) is 29.2. The van der Waals surface area contributed by atoms with Gasteiger partial charge in [-0.3, -0.25) is 0 Å². The second-order valence-corrected chi connectivity index (χ2v) is 8.00. The first kappa shape index (κ1) is 15.5. The highest BCUT2D eigenvalue weighted by Gasteiger charge is 2.50. The maximum Gasteiger partial charge on any atom is 0.0675 e. The van der Waals surface area contributed by atoms with Crippen LogP contribution in [0.3, 0.4) is 0 Å². The van der Waals surface area contributed by atoms with E-state index < -0.39 is 0 Å². The standard InChI is InChI=1S/C18H26BrNO/c1-13(2)20-12-18(8-9-21-17(18)15-6-7-15)11-14-4-3-5-16(19)10-14/h3-5,10,13,15,17,20H,6-9,11-12H2,1-2H3. The molecule has 2 atom stereocenters. The van der Waals surface area contributed by atoms with Crippen molar-refractivity contribution in [3.8, 4) is 0 Å². The van der Waals surface area contributed by atoms with Crippen molar-refractivity contribution in [2.75, 3.05) is 13.2 Å². The van der Waals surface area contributed by atoms with Crippen LogP contribution in [0.15, 0.2) is 28.7 Å². The van der Waals surface area contributed by atoms with Crippen molar-refractivity contribution in [1.82, 2.24) is 5.32 Å². The zero-order chi connectivity index (χ0) is 14.9. The largest absolute Gasteiger partial charge is 0.377 e. The van der Waals surface area contributed by atoms with Crippen molar-refractivity contribution >= 4 is 15.9 Å². The lowest BCUT2D eigenvalue weighted by Crippen LogP contribution is -2.45. The summed E-state index contributed by atoms with van der Waals surface area (Å²) < 4.78 is 7.35. The predicted octanol–water partition coefficient (Wildman–Crippen LogP) is 4.17. The Bertz CT molecular complexity index is 486. The van der Waals surface area contributed by atoms with E-state index in [4.69, 9.17) is 4.74 Å². The van der Waals surface area contributed by atoms with Gasteiger partial charge in [-0.15, -0.1) is 0 Å². The lowest BCUT2D eigenvalue weighted by Gasteiger charge is -2.36. The molecule has 1 saturated heterocycles. The fourth-order valence-electron chi connectivity index (χ4n) is 3.64. The van der Waals surface area contributed by atoms with Crippen molar-refractivity contribution in [3.63, 3.8) is 0 Å². The minimum Gasteiger partial charge on any atom is -0.377 e. The van der Waals surface area contributed by atoms with Crippen LogP contribution in [-0.2, 0) is 11.2 Å². The first-order valence-corrected chi connectivity index (χ1v) is 8.98. The molecule has 0 aromatic heterocycles.